The number of aliphatic hydroxyl groups excluding tert-OH is 1. The largest absolute Gasteiger partial charge is 0.481 e. The van der Waals surface area contributed by atoms with E-state index in [4.69, 9.17) is 5.11 Å². The van der Waals surface area contributed by atoms with Crippen molar-refractivity contribution < 1.29 is 19.8 Å². The predicted molar refractivity (Wildman–Crippen MR) is 111 cm³/mol. The van der Waals surface area contributed by atoms with Crippen LogP contribution in [-0.2, 0) is 9.59 Å². The Labute approximate surface area is 168 Å². The number of nitrogens with zero attached hydrogens (tertiary/aromatic N) is 1. The molecular formula is C20H25NO4S2. The van der Waals surface area contributed by atoms with Crippen molar-refractivity contribution in [3.05, 3.63) is 54.0 Å². The summed E-state index contributed by atoms with van der Waals surface area (Å²) in [5, 5.41) is 20.7. The number of benzene rings is 1. The number of carbonyl (C=O) groups is 2. The zero-order valence-electron chi connectivity index (χ0n) is 15.1. The van der Waals surface area contributed by atoms with Gasteiger partial charge in [0, 0.05) is 23.6 Å². The summed E-state index contributed by atoms with van der Waals surface area (Å²) in [7, 11) is 0. The molecule has 5 nitrogen and oxygen atoms in total. The topological polar surface area (TPSA) is 77.8 Å². The summed E-state index contributed by atoms with van der Waals surface area (Å²) in [6.07, 6.45) is 7.97. The van der Waals surface area contributed by atoms with Gasteiger partial charge in [0.25, 0.3) is 0 Å². The standard InChI is InChI=1S/C20H25NO4S2/c22-18-9-4-6-16(21(18)13-5-14-26-15-12-19(23)24)10-11-20(25)27-17-7-2-1-3-8-17/h1-3,5,7-8,10-11,14,16,20,25H,4,6,9,12-13,15H2,(H,23,24)/t16-,20?/m1/s1. The molecule has 0 bridgehead atoms. The lowest BCUT2D eigenvalue weighted by atomic mass is 10.0. The lowest BCUT2D eigenvalue weighted by Gasteiger charge is -2.33. The molecule has 2 rings (SSSR count). The molecule has 0 saturated carbocycles. The van der Waals surface area contributed by atoms with E-state index < -0.39 is 11.4 Å². The number of aliphatic hydroxyl groups is 1. The number of likely N-dealkylation sites (tertiary alicyclic amines) is 1. The molecule has 0 aliphatic carbocycles. The molecule has 1 saturated heterocycles. The zero-order chi connectivity index (χ0) is 19.5. The highest BCUT2D eigenvalue weighted by Gasteiger charge is 2.25. The molecule has 0 spiro atoms. The molecule has 1 unspecified atom stereocenters. The van der Waals surface area contributed by atoms with Gasteiger partial charge < -0.3 is 15.1 Å². The maximum atomic E-state index is 12.3. The van der Waals surface area contributed by atoms with Crippen LogP contribution in [0.5, 0.6) is 0 Å². The van der Waals surface area contributed by atoms with E-state index in [2.05, 4.69) is 0 Å². The molecule has 0 aromatic heterocycles. The number of carboxylic acid groups (broad SMARTS) is 1. The average Bonchev–Trinajstić information content (AvgIpc) is 2.65. The van der Waals surface area contributed by atoms with Gasteiger partial charge in [-0.1, -0.05) is 42.1 Å². The van der Waals surface area contributed by atoms with Crippen molar-refractivity contribution in [3.8, 4) is 0 Å². The Morgan fingerprint density at radius 2 is 2.11 bits per heavy atom. The Hall–Kier alpha value is -1.70. The third-order valence-corrected chi connectivity index (χ3v) is 5.81. The molecule has 1 aromatic rings. The predicted octanol–water partition coefficient (Wildman–Crippen LogP) is 3.76. The van der Waals surface area contributed by atoms with E-state index in [1.165, 1.54) is 23.5 Å². The van der Waals surface area contributed by atoms with E-state index in [1.54, 1.807) is 6.08 Å². The van der Waals surface area contributed by atoms with Crippen LogP contribution in [0.1, 0.15) is 25.7 Å². The first-order valence-corrected chi connectivity index (χ1v) is 10.8. The number of hydrogen-bond donors (Lipinski definition) is 2. The van der Waals surface area contributed by atoms with Crippen LogP contribution in [0.25, 0.3) is 0 Å². The second kappa shape index (κ2) is 11.9. The van der Waals surface area contributed by atoms with E-state index in [0.717, 1.165) is 17.7 Å². The average molecular weight is 408 g/mol. The minimum atomic E-state index is -0.806. The first kappa shape index (κ1) is 21.6. The highest BCUT2D eigenvalue weighted by molar-refractivity contribution is 8.02. The van der Waals surface area contributed by atoms with Crippen LogP contribution in [0.15, 0.2) is 58.9 Å². The van der Waals surface area contributed by atoms with Crippen molar-refractivity contribution in [2.75, 3.05) is 12.3 Å². The molecule has 27 heavy (non-hydrogen) atoms. The second-order valence-electron chi connectivity index (χ2n) is 6.10. The molecule has 1 aromatic carbocycles. The summed E-state index contributed by atoms with van der Waals surface area (Å²) in [6.45, 7) is 0.496. The second-order valence-corrected chi connectivity index (χ2v) is 8.30. The molecule has 1 heterocycles. The molecule has 1 fully saturated rings. The van der Waals surface area contributed by atoms with Gasteiger partial charge in [0.15, 0.2) is 0 Å². The maximum absolute atomic E-state index is 12.3. The van der Waals surface area contributed by atoms with Crippen LogP contribution in [0, 0.1) is 0 Å². The molecule has 2 atom stereocenters. The lowest BCUT2D eigenvalue weighted by molar-refractivity contribution is -0.136. The number of carboxylic acids is 1. The number of aliphatic carboxylic acids is 1. The number of thioether (sulfide) groups is 2. The molecule has 2 N–H and O–H groups in total. The SMILES string of the molecule is O=C(O)CCSC=CCN1C(=O)CCC[C@@H]1C=CC(O)Sc1ccccc1. The fourth-order valence-corrected chi connectivity index (χ4v) is 4.14. The third-order valence-electron chi connectivity index (χ3n) is 4.04. The molecular weight excluding hydrogens is 382 g/mol. The van der Waals surface area contributed by atoms with E-state index >= 15 is 0 Å². The lowest BCUT2D eigenvalue weighted by Crippen LogP contribution is -2.42. The molecule has 1 aliphatic rings. The summed E-state index contributed by atoms with van der Waals surface area (Å²) in [5.74, 6) is -0.174. The van der Waals surface area contributed by atoms with Crippen molar-refractivity contribution in [1.82, 2.24) is 4.90 Å². The quantitative estimate of drug-likeness (QED) is 0.266. The number of hydrogen-bond acceptors (Lipinski definition) is 5. The van der Waals surface area contributed by atoms with Gasteiger partial charge in [0.05, 0.1) is 12.5 Å². The first-order chi connectivity index (χ1) is 13.1. The summed E-state index contributed by atoms with van der Waals surface area (Å²) >= 11 is 2.79. The van der Waals surface area contributed by atoms with Crippen molar-refractivity contribution in [2.24, 2.45) is 0 Å². The van der Waals surface area contributed by atoms with Crippen LogP contribution >= 0.6 is 23.5 Å². The van der Waals surface area contributed by atoms with Gasteiger partial charge in [-0.25, -0.2) is 0 Å². The van der Waals surface area contributed by atoms with Gasteiger partial charge in [-0.2, -0.15) is 0 Å². The number of carbonyl (C=O) groups excluding carboxylic acids is 1. The van der Waals surface area contributed by atoms with Gasteiger partial charge >= 0.3 is 5.97 Å². The van der Waals surface area contributed by atoms with E-state index in [9.17, 15) is 14.7 Å². The third kappa shape index (κ3) is 8.24. The Kier molecular flexibility index (Phi) is 9.52. The molecule has 1 amide bonds. The van der Waals surface area contributed by atoms with Crippen molar-refractivity contribution in [3.63, 3.8) is 0 Å². The smallest absolute Gasteiger partial charge is 0.304 e. The minimum absolute atomic E-state index is 0.0223. The van der Waals surface area contributed by atoms with Gasteiger partial charge in [0.1, 0.15) is 5.44 Å². The first-order valence-electron chi connectivity index (χ1n) is 8.92. The van der Waals surface area contributed by atoms with Gasteiger partial charge in [-0.05, 0) is 36.5 Å². The molecule has 146 valence electrons. The van der Waals surface area contributed by atoms with Crippen LogP contribution < -0.4 is 0 Å². The summed E-state index contributed by atoms with van der Waals surface area (Å²) in [5.41, 5.74) is -0.659. The van der Waals surface area contributed by atoms with Crippen LogP contribution in [0.3, 0.4) is 0 Å². The fraction of sp³-hybridized carbons (Fsp3) is 0.400. The molecule has 0 radical (unpaired) electrons. The van der Waals surface area contributed by atoms with Crippen molar-refractivity contribution >= 4 is 35.4 Å². The van der Waals surface area contributed by atoms with E-state index in [1.807, 2.05) is 52.8 Å². The Morgan fingerprint density at radius 1 is 1.33 bits per heavy atom. The van der Waals surface area contributed by atoms with E-state index in [-0.39, 0.29) is 18.4 Å². The van der Waals surface area contributed by atoms with Crippen molar-refractivity contribution in [2.45, 2.75) is 42.1 Å². The van der Waals surface area contributed by atoms with E-state index in [0.29, 0.717) is 18.7 Å². The Morgan fingerprint density at radius 3 is 2.85 bits per heavy atom. The fourth-order valence-electron chi connectivity index (χ4n) is 2.72. The number of amides is 1. The maximum Gasteiger partial charge on any atom is 0.304 e. The summed E-state index contributed by atoms with van der Waals surface area (Å²) < 4.78 is 0. The number of piperidine rings is 1. The van der Waals surface area contributed by atoms with Gasteiger partial charge in [-0.3, -0.25) is 9.59 Å². The van der Waals surface area contributed by atoms with Crippen LogP contribution in [0.2, 0.25) is 0 Å². The highest BCUT2D eigenvalue weighted by atomic mass is 32.2. The summed E-state index contributed by atoms with van der Waals surface area (Å²) in [4.78, 5) is 25.5. The normalized spacial score (nSPS) is 19.1. The highest BCUT2D eigenvalue weighted by Crippen LogP contribution is 2.24. The Balaban J connectivity index is 1.85. The molecule has 1 aliphatic heterocycles. The number of rotatable bonds is 10. The van der Waals surface area contributed by atoms with Gasteiger partial charge in [0.2, 0.25) is 5.91 Å². The monoisotopic (exact) mass is 407 g/mol. The Bertz CT molecular complexity index is 663. The van der Waals surface area contributed by atoms with Crippen LogP contribution in [-0.4, -0.2) is 50.8 Å². The van der Waals surface area contributed by atoms with Crippen molar-refractivity contribution in [1.29, 1.82) is 0 Å². The minimum Gasteiger partial charge on any atom is -0.481 e. The zero-order valence-corrected chi connectivity index (χ0v) is 16.7. The molecule has 7 heteroatoms. The van der Waals surface area contributed by atoms with Gasteiger partial charge in [-0.15, -0.1) is 11.8 Å². The van der Waals surface area contributed by atoms with Crippen LogP contribution in [0.4, 0.5) is 0 Å². The summed E-state index contributed by atoms with van der Waals surface area (Å²) in [6, 6.07) is 9.68.